The third kappa shape index (κ3) is 4.43. The number of hydrogen-bond donors (Lipinski definition) is 2. The van der Waals surface area contributed by atoms with Crippen LogP contribution in [0, 0.1) is 0 Å². The van der Waals surface area contributed by atoms with Gasteiger partial charge in [-0.3, -0.25) is 14.5 Å². The second-order valence-electron chi connectivity index (χ2n) is 5.29. The average molecular weight is 327 g/mol. The van der Waals surface area contributed by atoms with Crippen LogP contribution in [-0.4, -0.2) is 54.2 Å². The molecule has 0 spiro atoms. The van der Waals surface area contributed by atoms with Gasteiger partial charge in [0.2, 0.25) is 5.91 Å². The van der Waals surface area contributed by atoms with Crippen LogP contribution in [0.15, 0.2) is 24.3 Å². The first kappa shape index (κ1) is 16.7. The zero-order valence-electron chi connectivity index (χ0n) is 12.3. The van der Waals surface area contributed by atoms with E-state index in [2.05, 4.69) is 5.32 Å². The molecule has 22 heavy (non-hydrogen) atoms. The summed E-state index contributed by atoms with van der Waals surface area (Å²) in [6, 6.07) is 7.55. The first-order valence-electron chi connectivity index (χ1n) is 7.06. The number of hydrogen-bond acceptors (Lipinski definition) is 4. The van der Waals surface area contributed by atoms with Crippen molar-refractivity contribution in [2.75, 3.05) is 26.2 Å². The second-order valence-corrected chi connectivity index (χ2v) is 5.70. The maximum Gasteiger partial charge on any atom is 0.322 e. The number of rotatable bonds is 5. The third-order valence-corrected chi connectivity index (χ3v) is 3.94. The number of carboxylic acids is 1. The van der Waals surface area contributed by atoms with E-state index < -0.39 is 5.97 Å². The molecule has 0 bridgehead atoms. The van der Waals surface area contributed by atoms with Gasteiger partial charge in [0.1, 0.15) is 6.54 Å². The topological polar surface area (TPSA) is 78.9 Å². The molecule has 0 saturated carbocycles. The van der Waals surface area contributed by atoms with E-state index in [-0.39, 0.29) is 31.1 Å². The summed E-state index contributed by atoms with van der Waals surface area (Å²) < 4.78 is 5.82. The number of nitrogens with one attached hydrogen (secondary N) is 1. The van der Waals surface area contributed by atoms with Crippen molar-refractivity contribution >= 4 is 23.5 Å². The number of halogens is 1. The monoisotopic (exact) mass is 326 g/mol. The van der Waals surface area contributed by atoms with Gasteiger partial charge >= 0.3 is 5.97 Å². The molecule has 120 valence electrons. The molecule has 1 amide bonds. The number of benzene rings is 1. The van der Waals surface area contributed by atoms with Crippen molar-refractivity contribution in [3.63, 3.8) is 0 Å². The molecule has 2 unspecified atom stereocenters. The predicted octanol–water partition coefficient (Wildman–Crippen LogP) is 1.30. The molecule has 0 radical (unpaired) electrons. The van der Waals surface area contributed by atoms with Crippen molar-refractivity contribution in [3.05, 3.63) is 34.9 Å². The highest BCUT2D eigenvalue weighted by molar-refractivity contribution is 6.31. The van der Waals surface area contributed by atoms with Crippen LogP contribution in [-0.2, 0) is 14.3 Å². The molecule has 2 N–H and O–H groups in total. The third-order valence-electron chi connectivity index (χ3n) is 3.60. The van der Waals surface area contributed by atoms with E-state index in [0.29, 0.717) is 18.2 Å². The smallest absolute Gasteiger partial charge is 0.322 e. The van der Waals surface area contributed by atoms with Crippen LogP contribution in [0.4, 0.5) is 0 Å². The van der Waals surface area contributed by atoms with Gasteiger partial charge in [-0.25, -0.2) is 0 Å². The molecule has 0 aliphatic carbocycles. The van der Waals surface area contributed by atoms with Crippen molar-refractivity contribution in [2.45, 2.75) is 19.1 Å². The number of ether oxygens (including phenoxy) is 1. The molecule has 1 aromatic rings. The first-order valence-corrected chi connectivity index (χ1v) is 7.43. The highest BCUT2D eigenvalue weighted by atomic mass is 35.5. The Morgan fingerprint density at radius 1 is 1.45 bits per heavy atom. The molecule has 7 heteroatoms. The Morgan fingerprint density at radius 2 is 2.18 bits per heavy atom. The van der Waals surface area contributed by atoms with E-state index in [1.54, 1.807) is 0 Å². The maximum absolute atomic E-state index is 11.8. The van der Waals surface area contributed by atoms with Gasteiger partial charge in [-0.2, -0.15) is 0 Å². The molecule has 0 aromatic heterocycles. The number of aliphatic carboxylic acids is 1. The summed E-state index contributed by atoms with van der Waals surface area (Å²) in [4.78, 5) is 24.2. The number of amides is 1. The number of morpholine rings is 1. The highest BCUT2D eigenvalue weighted by Gasteiger charge is 2.29. The molecule has 6 nitrogen and oxygen atoms in total. The van der Waals surface area contributed by atoms with Crippen molar-refractivity contribution in [3.8, 4) is 0 Å². The molecular formula is C15H19ClN2O4. The fourth-order valence-electron chi connectivity index (χ4n) is 2.37. The fourth-order valence-corrected chi connectivity index (χ4v) is 2.62. The normalized spacial score (nSPS) is 22.3. The van der Waals surface area contributed by atoms with Crippen LogP contribution in [0.2, 0.25) is 5.02 Å². The standard InChI is InChI=1S/C15H19ClN2O4/c1-10-9-22-13(11-4-2-3-5-12(11)16)7-18(10)8-14(19)17-6-15(20)21/h2-5,10,13H,6-9H2,1H3,(H,17,19)(H,20,21). The number of carbonyl (C=O) groups excluding carboxylic acids is 1. The lowest BCUT2D eigenvalue weighted by Gasteiger charge is -2.37. The van der Waals surface area contributed by atoms with E-state index in [4.69, 9.17) is 21.4 Å². The van der Waals surface area contributed by atoms with Gasteiger partial charge in [-0.15, -0.1) is 0 Å². The summed E-state index contributed by atoms with van der Waals surface area (Å²) in [7, 11) is 0. The van der Waals surface area contributed by atoms with Gasteiger partial charge in [-0.1, -0.05) is 29.8 Å². The predicted molar refractivity (Wildman–Crippen MR) is 81.8 cm³/mol. The van der Waals surface area contributed by atoms with E-state index in [0.717, 1.165) is 5.56 Å². The van der Waals surface area contributed by atoms with Gasteiger partial charge in [0.05, 0.1) is 19.3 Å². The van der Waals surface area contributed by atoms with Gasteiger partial charge < -0.3 is 15.2 Å². The second kappa shape index (κ2) is 7.58. The zero-order chi connectivity index (χ0) is 16.1. The van der Waals surface area contributed by atoms with Crippen LogP contribution < -0.4 is 5.32 Å². The number of carbonyl (C=O) groups is 2. The Labute approximate surface area is 134 Å². The molecule has 1 aliphatic rings. The van der Waals surface area contributed by atoms with E-state index in [1.165, 1.54) is 0 Å². The molecule has 1 saturated heterocycles. The molecule has 1 aliphatic heterocycles. The summed E-state index contributed by atoms with van der Waals surface area (Å²) in [5.41, 5.74) is 0.895. The van der Waals surface area contributed by atoms with Crippen LogP contribution in [0.3, 0.4) is 0 Å². The lowest BCUT2D eigenvalue weighted by molar-refractivity contribution is -0.138. The summed E-state index contributed by atoms with van der Waals surface area (Å²) in [5, 5.41) is 11.6. The highest BCUT2D eigenvalue weighted by Crippen LogP contribution is 2.29. The minimum atomic E-state index is -1.06. The summed E-state index contributed by atoms with van der Waals surface area (Å²) in [6.07, 6.45) is -0.197. The summed E-state index contributed by atoms with van der Waals surface area (Å²) >= 11 is 6.19. The molecular weight excluding hydrogens is 308 g/mol. The molecule has 1 aromatic carbocycles. The van der Waals surface area contributed by atoms with E-state index in [1.807, 2.05) is 36.1 Å². The van der Waals surface area contributed by atoms with Crippen LogP contribution in [0.1, 0.15) is 18.6 Å². The van der Waals surface area contributed by atoms with Gasteiger partial charge in [-0.05, 0) is 13.0 Å². The Bertz CT molecular complexity index is 552. The molecule has 2 atom stereocenters. The largest absolute Gasteiger partial charge is 0.480 e. The van der Waals surface area contributed by atoms with Crippen LogP contribution in [0.25, 0.3) is 0 Å². The summed E-state index contributed by atoms with van der Waals surface area (Å²) in [5.74, 6) is -1.37. The Morgan fingerprint density at radius 3 is 2.86 bits per heavy atom. The lowest BCUT2D eigenvalue weighted by atomic mass is 10.1. The minimum absolute atomic E-state index is 0.0781. The minimum Gasteiger partial charge on any atom is -0.480 e. The molecule has 1 heterocycles. The van der Waals surface area contributed by atoms with Gasteiger partial charge in [0.15, 0.2) is 0 Å². The SMILES string of the molecule is CC1COC(c2ccccc2Cl)CN1CC(=O)NCC(=O)O. The Balaban J connectivity index is 1.98. The zero-order valence-corrected chi connectivity index (χ0v) is 13.0. The van der Waals surface area contributed by atoms with Crippen LogP contribution in [0.5, 0.6) is 0 Å². The van der Waals surface area contributed by atoms with Gasteiger partial charge in [0.25, 0.3) is 0 Å². The molecule has 2 rings (SSSR count). The first-order chi connectivity index (χ1) is 10.5. The van der Waals surface area contributed by atoms with Crippen molar-refractivity contribution < 1.29 is 19.4 Å². The Hall–Kier alpha value is -1.63. The van der Waals surface area contributed by atoms with E-state index >= 15 is 0 Å². The maximum atomic E-state index is 11.8. The number of carboxylic acid groups (broad SMARTS) is 1. The van der Waals surface area contributed by atoms with Crippen LogP contribution >= 0.6 is 11.6 Å². The average Bonchev–Trinajstić information content (AvgIpc) is 2.48. The van der Waals surface area contributed by atoms with Crippen molar-refractivity contribution in [2.24, 2.45) is 0 Å². The van der Waals surface area contributed by atoms with Gasteiger partial charge in [0, 0.05) is 23.2 Å². The fraction of sp³-hybridized carbons (Fsp3) is 0.467. The van der Waals surface area contributed by atoms with Crippen molar-refractivity contribution in [1.29, 1.82) is 0 Å². The van der Waals surface area contributed by atoms with Crippen molar-refractivity contribution in [1.82, 2.24) is 10.2 Å². The summed E-state index contributed by atoms with van der Waals surface area (Å²) in [6.45, 7) is 2.76. The lowest BCUT2D eigenvalue weighted by Crippen LogP contribution is -2.49. The Kier molecular flexibility index (Phi) is 5.76. The molecule has 1 fully saturated rings. The quantitative estimate of drug-likeness (QED) is 0.852. The van der Waals surface area contributed by atoms with E-state index in [9.17, 15) is 9.59 Å². The number of nitrogens with zero attached hydrogens (tertiary/aromatic N) is 1.